The molecule has 0 spiro atoms. The van der Waals surface area contributed by atoms with E-state index in [1.165, 1.54) is 39.5 Å². The van der Waals surface area contributed by atoms with Gasteiger partial charge in [0.1, 0.15) is 18.1 Å². The Morgan fingerprint density at radius 2 is 1.53 bits per heavy atom. The van der Waals surface area contributed by atoms with Gasteiger partial charge in [0.15, 0.2) is 11.5 Å². The molecule has 1 heterocycles. The summed E-state index contributed by atoms with van der Waals surface area (Å²) in [5.41, 5.74) is 0.583. The van der Waals surface area contributed by atoms with E-state index in [-0.39, 0.29) is 52.6 Å². The van der Waals surface area contributed by atoms with E-state index in [4.69, 9.17) is 23.7 Å². The van der Waals surface area contributed by atoms with E-state index >= 15 is 0 Å². The highest BCUT2D eigenvalue weighted by Crippen LogP contribution is 2.43. The lowest BCUT2D eigenvalue weighted by molar-refractivity contribution is -0.137. The number of methoxy groups -OCH3 is 4. The summed E-state index contributed by atoms with van der Waals surface area (Å²) in [6.07, 6.45) is -0.444. The Labute approximate surface area is 245 Å². The van der Waals surface area contributed by atoms with Crippen molar-refractivity contribution in [1.82, 2.24) is 4.57 Å². The fourth-order valence-corrected chi connectivity index (χ4v) is 4.73. The summed E-state index contributed by atoms with van der Waals surface area (Å²) in [5.74, 6) is -1.93. The number of carboxylic acid groups (broad SMARTS) is 2. The van der Waals surface area contributed by atoms with Crippen LogP contribution in [0.2, 0.25) is 0 Å². The number of carboxylic acids is 2. The third-order valence-electron chi connectivity index (χ3n) is 6.70. The third kappa shape index (κ3) is 6.22. The molecule has 3 aromatic carbocycles. The van der Waals surface area contributed by atoms with Gasteiger partial charge in [-0.1, -0.05) is 12.1 Å². The van der Waals surface area contributed by atoms with Crippen LogP contribution in [-0.4, -0.2) is 61.1 Å². The molecular formula is C31H29NO11. The van der Waals surface area contributed by atoms with Gasteiger partial charge in [-0.2, -0.15) is 0 Å². The van der Waals surface area contributed by atoms with Crippen LogP contribution in [0.1, 0.15) is 32.8 Å². The lowest BCUT2D eigenvalue weighted by Crippen LogP contribution is -2.29. The van der Waals surface area contributed by atoms with Crippen LogP contribution >= 0.6 is 0 Å². The van der Waals surface area contributed by atoms with Crippen molar-refractivity contribution in [3.8, 4) is 34.1 Å². The van der Waals surface area contributed by atoms with Crippen LogP contribution in [0.3, 0.4) is 0 Å². The second-order valence-electron chi connectivity index (χ2n) is 9.23. The average Bonchev–Trinajstić information content (AvgIpc) is 3.01. The number of rotatable bonds is 12. The molecule has 0 fully saturated rings. The first-order valence-corrected chi connectivity index (χ1v) is 12.9. The average molecular weight is 592 g/mol. The minimum Gasteiger partial charge on any atom is -0.493 e. The number of hydrogen-bond donors (Lipinski definition) is 2. The first-order chi connectivity index (χ1) is 20.6. The molecule has 224 valence electrons. The molecule has 0 saturated carbocycles. The first-order valence-electron chi connectivity index (χ1n) is 12.9. The number of carbonyl (C=O) groups excluding carboxylic acids is 1. The summed E-state index contributed by atoms with van der Waals surface area (Å²) >= 11 is 0. The van der Waals surface area contributed by atoms with Gasteiger partial charge in [0, 0.05) is 12.1 Å². The van der Waals surface area contributed by atoms with Crippen molar-refractivity contribution in [2.24, 2.45) is 0 Å². The van der Waals surface area contributed by atoms with Crippen LogP contribution in [0.5, 0.6) is 23.0 Å². The maximum absolute atomic E-state index is 13.8. The van der Waals surface area contributed by atoms with Gasteiger partial charge in [-0.3, -0.25) is 9.59 Å². The van der Waals surface area contributed by atoms with Crippen molar-refractivity contribution >= 4 is 28.7 Å². The van der Waals surface area contributed by atoms with Crippen molar-refractivity contribution in [3.63, 3.8) is 0 Å². The molecule has 4 aromatic rings. The second kappa shape index (κ2) is 13.0. The molecule has 12 heteroatoms. The minimum absolute atomic E-state index is 0.0137. The predicted molar refractivity (Wildman–Crippen MR) is 155 cm³/mol. The number of aromatic nitrogens is 1. The van der Waals surface area contributed by atoms with Crippen molar-refractivity contribution in [2.45, 2.75) is 19.6 Å². The van der Waals surface area contributed by atoms with Gasteiger partial charge in [0.05, 0.1) is 45.8 Å². The Balaban J connectivity index is 1.97. The van der Waals surface area contributed by atoms with Gasteiger partial charge in [-0.25, -0.2) is 9.59 Å². The molecule has 0 atom stereocenters. The topological polar surface area (TPSA) is 160 Å². The van der Waals surface area contributed by atoms with Gasteiger partial charge in [-0.15, -0.1) is 0 Å². The highest BCUT2D eigenvalue weighted by Gasteiger charge is 2.27. The normalized spacial score (nSPS) is 10.7. The number of aliphatic carboxylic acids is 1. The smallest absolute Gasteiger partial charge is 0.355 e. The van der Waals surface area contributed by atoms with Crippen molar-refractivity contribution in [1.29, 1.82) is 0 Å². The fraction of sp³-hybridized carbons (Fsp3) is 0.226. The van der Waals surface area contributed by atoms with Crippen molar-refractivity contribution < 1.29 is 48.3 Å². The molecule has 0 saturated heterocycles. The van der Waals surface area contributed by atoms with E-state index in [9.17, 15) is 29.4 Å². The molecule has 0 bridgehead atoms. The second-order valence-corrected chi connectivity index (χ2v) is 9.23. The van der Waals surface area contributed by atoms with Crippen LogP contribution < -0.4 is 24.5 Å². The van der Waals surface area contributed by atoms with Gasteiger partial charge < -0.3 is 38.5 Å². The number of ether oxygens (including phenoxy) is 5. The molecule has 0 unspecified atom stereocenters. The Bertz CT molecular complexity index is 1750. The molecule has 0 aliphatic heterocycles. The number of esters is 1. The minimum atomic E-state index is -1.17. The van der Waals surface area contributed by atoms with E-state index in [0.29, 0.717) is 22.3 Å². The standard InChI is InChI=1S/C31H29NO11/c1-39-23-13-19(14-24(40-2)28(23)41-3)26-21-9-8-20(43-16-17-6-5-7-18(12-17)30(36)37)15-22(21)29(35)32(11-10-25(33)34)27(26)31(38)42-4/h5-9,12-15H,10-11,16H2,1-4H3,(H,33,34)(H,36,37). The first kappa shape index (κ1) is 30.4. The molecule has 2 N–H and O–H groups in total. The third-order valence-corrected chi connectivity index (χ3v) is 6.70. The largest absolute Gasteiger partial charge is 0.493 e. The monoisotopic (exact) mass is 591 g/mol. The summed E-state index contributed by atoms with van der Waals surface area (Å²) in [6.45, 7) is -0.307. The predicted octanol–water partition coefficient (Wildman–Crippen LogP) is 4.23. The van der Waals surface area contributed by atoms with Gasteiger partial charge in [-0.05, 0) is 59.0 Å². The highest BCUT2D eigenvalue weighted by atomic mass is 16.5. The summed E-state index contributed by atoms with van der Waals surface area (Å²) < 4.78 is 28.4. The molecule has 43 heavy (non-hydrogen) atoms. The van der Waals surface area contributed by atoms with Gasteiger partial charge in [0.25, 0.3) is 5.56 Å². The summed E-state index contributed by atoms with van der Waals surface area (Å²) in [5, 5.41) is 19.1. The number of fused-ring (bicyclic) bond motifs is 1. The molecule has 12 nitrogen and oxygen atoms in total. The highest BCUT2D eigenvalue weighted by molar-refractivity contribution is 6.07. The number of aromatic carboxylic acids is 1. The van der Waals surface area contributed by atoms with E-state index in [0.717, 1.165) is 11.7 Å². The van der Waals surface area contributed by atoms with Crippen LogP contribution in [0.4, 0.5) is 0 Å². The number of carbonyl (C=O) groups is 3. The zero-order valence-electron chi connectivity index (χ0n) is 23.8. The fourth-order valence-electron chi connectivity index (χ4n) is 4.73. The zero-order valence-corrected chi connectivity index (χ0v) is 23.8. The lowest BCUT2D eigenvalue weighted by Gasteiger charge is -2.20. The van der Waals surface area contributed by atoms with Crippen LogP contribution in [0, 0.1) is 0 Å². The van der Waals surface area contributed by atoms with Crippen LogP contribution in [0.25, 0.3) is 21.9 Å². The Morgan fingerprint density at radius 3 is 2.12 bits per heavy atom. The van der Waals surface area contributed by atoms with Crippen LogP contribution in [-0.2, 0) is 22.7 Å². The molecular weight excluding hydrogens is 562 g/mol. The zero-order chi connectivity index (χ0) is 31.3. The maximum atomic E-state index is 13.8. The molecule has 0 aliphatic carbocycles. The molecule has 0 amide bonds. The number of benzene rings is 3. The summed E-state index contributed by atoms with van der Waals surface area (Å²) in [4.78, 5) is 49.9. The Hall–Kier alpha value is -5.52. The molecule has 0 aliphatic rings. The van der Waals surface area contributed by atoms with E-state index in [2.05, 4.69) is 0 Å². The van der Waals surface area contributed by atoms with E-state index in [1.54, 1.807) is 36.4 Å². The molecule has 4 rings (SSSR count). The number of nitrogens with zero attached hydrogens (tertiary/aromatic N) is 1. The van der Waals surface area contributed by atoms with Gasteiger partial charge >= 0.3 is 17.9 Å². The van der Waals surface area contributed by atoms with Crippen molar-refractivity contribution in [3.05, 3.63) is 81.8 Å². The van der Waals surface area contributed by atoms with E-state index < -0.39 is 29.9 Å². The Morgan fingerprint density at radius 1 is 0.837 bits per heavy atom. The molecule has 0 radical (unpaired) electrons. The molecule has 1 aromatic heterocycles. The number of pyridine rings is 1. The van der Waals surface area contributed by atoms with Crippen LogP contribution in [0.15, 0.2) is 59.4 Å². The lowest BCUT2D eigenvalue weighted by atomic mass is 9.95. The van der Waals surface area contributed by atoms with Gasteiger partial charge in [0.2, 0.25) is 5.75 Å². The summed E-state index contributed by atoms with van der Waals surface area (Å²) in [6, 6.07) is 14.2. The SMILES string of the molecule is COC(=O)c1c(-c2cc(OC)c(OC)c(OC)c2)c2ccc(OCc3cccc(C(=O)O)c3)cc2c(=O)n1CCC(=O)O. The van der Waals surface area contributed by atoms with E-state index in [1.807, 2.05) is 0 Å². The Kier molecular flexibility index (Phi) is 9.19. The maximum Gasteiger partial charge on any atom is 0.355 e. The summed E-state index contributed by atoms with van der Waals surface area (Å²) in [7, 11) is 5.47. The van der Waals surface area contributed by atoms with Crippen molar-refractivity contribution in [2.75, 3.05) is 28.4 Å². The number of hydrogen-bond acceptors (Lipinski definition) is 9. The quantitative estimate of drug-likeness (QED) is 0.227.